The molecule has 0 radical (unpaired) electrons. The van der Waals surface area contributed by atoms with E-state index >= 15 is 0 Å². The third-order valence-electron chi connectivity index (χ3n) is 2.77. The molecule has 13 heavy (non-hydrogen) atoms. The van der Waals surface area contributed by atoms with Crippen LogP contribution >= 0.6 is 0 Å². The molecule has 0 heterocycles. The van der Waals surface area contributed by atoms with E-state index in [9.17, 15) is 4.79 Å². The van der Waals surface area contributed by atoms with Gasteiger partial charge in [0.25, 0.3) is 0 Å². The average Bonchev–Trinajstić information content (AvgIpc) is 2.17. The normalized spacial score (nSPS) is 30.1. The molecule has 0 saturated heterocycles. The molecule has 1 saturated carbocycles. The van der Waals surface area contributed by atoms with Crippen molar-refractivity contribution in [1.82, 2.24) is 0 Å². The number of aliphatic carboxylic acids is 1. The lowest BCUT2D eigenvalue weighted by Gasteiger charge is -2.25. The lowest BCUT2D eigenvalue weighted by Crippen LogP contribution is -2.26. The van der Waals surface area contributed by atoms with Crippen molar-refractivity contribution in [2.24, 2.45) is 17.0 Å². The molecule has 74 valence electrons. The standard InChI is InChI=1S/C9H15NO3/c1-6(10-13)7-3-2-4-8(5-7)9(11)12/h7-8,13H,2-5H2,1H3,(H,11,12)/b10-6+. The van der Waals surface area contributed by atoms with Crippen LogP contribution in [0.3, 0.4) is 0 Å². The minimum absolute atomic E-state index is 0.153. The largest absolute Gasteiger partial charge is 0.481 e. The number of oxime groups is 1. The van der Waals surface area contributed by atoms with Crippen LogP contribution in [0.1, 0.15) is 32.6 Å². The molecule has 1 aliphatic rings. The minimum Gasteiger partial charge on any atom is -0.481 e. The third-order valence-corrected chi connectivity index (χ3v) is 2.77. The van der Waals surface area contributed by atoms with E-state index in [0.29, 0.717) is 12.1 Å². The van der Waals surface area contributed by atoms with Gasteiger partial charge in [0.1, 0.15) is 0 Å². The van der Waals surface area contributed by atoms with Crippen LogP contribution in [-0.2, 0) is 4.79 Å². The van der Waals surface area contributed by atoms with Gasteiger partial charge in [-0.3, -0.25) is 4.79 Å². The molecule has 0 aromatic rings. The molecular weight excluding hydrogens is 170 g/mol. The fourth-order valence-corrected chi connectivity index (χ4v) is 1.88. The summed E-state index contributed by atoms with van der Waals surface area (Å²) < 4.78 is 0. The molecule has 4 heteroatoms. The number of rotatable bonds is 2. The van der Waals surface area contributed by atoms with Crippen molar-refractivity contribution < 1.29 is 15.1 Å². The number of nitrogens with zero attached hydrogens (tertiary/aromatic N) is 1. The zero-order valence-electron chi connectivity index (χ0n) is 7.73. The van der Waals surface area contributed by atoms with Gasteiger partial charge in [-0.25, -0.2) is 0 Å². The highest BCUT2D eigenvalue weighted by molar-refractivity contribution is 5.84. The highest BCUT2D eigenvalue weighted by atomic mass is 16.4. The van der Waals surface area contributed by atoms with Gasteiger partial charge < -0.3 is 10.3 Å². The van der Waals surface area contributed by atoms with Gasteiger partial charge in [0.05, 0.1) is 11.6 Å². The molecule has 4 nitrogen and oxygen atoms in total. The van der Waals surface area contributed by atoms with Gasteiger partial charge in [0.15, 0.2) is 0 Å². The van der Waals surface area contributed by atoms with Gasteiger partial charge >= 0.3 is 5.97 Å². The molecule has 0 bridgehead atoms. The van der Waals surface area contributed by atoms with E-state index in [4.69, 9.17) is 10.3 Å². The molecule has 0 aromatic heterocycles. The highest BCUT2D eigenvalue weighted by Gasteiger charge is 2.28. The topological polar surface area (TPSA) is 69.9 Å². The Balaban J connectivity index is 2.56. The second-order valence-corrected chi connectivity index (χ2v) is 3.64. The van der Waals surface area contributed by atoms with Crippen LogP contribution in [0.2, 0.25) is 0 Å². The van der Waals surface area contributed by atoms with Crippen LogP contribution < -0.4 is 0 Å². The zero-order valence-corrected chi connectivity index (χ0v) is 7.73. The first kappa shape index (κ1) is 10.0. The van der Waals surface area contributed by atoms with Crippen LogP contribution in [0.4, 0.5) is 0 Å². The first-order valence-corrected chi connectivity index (χ1v) is 4.56. The second-order valence-electron chi connectivity index (χ2n) is 3.64. The Morgan fingerprint density at radius 1 is 1.38 bits per heavy atom. The zero-order chi connectivity index (χ0) is 9.84. The lowest BCUT2D eigenvalue weighted by atomic mass is 9.79. The van der Waals surface area contributed by atoms with Gasteiger partial charge in [-0.1, -0.05) is 11.6 Å². The van der Waals surface area contributed by atoms with Crippen molar-refractivity contribution in [3.05, 3.63) is 0 Å². The average molecular weight is 185 g/mol. The van der Waals surface area contributed by atoms with E-state index in [1.807, 2.05) is 0 Å². The summed E-state index contributed by atoms with van der Waals surface area (Å²) in [5.74, 6) is -0.828. The first-order chi connectivity index (χ1) is 6.15. The number of carboxylic acids is 1. The summed E-state index contributed by atoms with van der Waals surface area (Å²) in [6, 6.07) is 0. The van der Waals surface area contributed by atoms with Gasteiger partial charge in [-0.05, 0) is 26.2 Å². The predicted octanol–water partition coefficient (Wildman–Crippen LogP) is 1.73. The molecule has 0 aromatic carbocycles. The minimum atomic E-state index is -0.726. The Morgan fingerprint density at radius 3 is 2.54 bits per heavy atom. The Hall–Kier alpha value is -1.06. The molecule has 1 fully saturated rings. The summed E-state index contributed by atoms with van der Waals surface area (Å²) in [6.45, 7) is 1.74. The van der Waals surface area contributed by atoms with Crippen molar-refractivity contribution in [2.45, 2.75) is 32.6 Å². The first-order valence-electron chi connectivity index (χ1n) is 4.56. The van der Waals surface area contributed by atoms with Gasteiger partial charge in [-0.2, -0.15) is 0 Å². The smallest absolute Gasteiger partial charge is 0.306 e. The summed E-state index contributed by atoms with van der Waals surface area (Å²) in [4.78, 5) is 10.7. The summed E-state index contributed by atoms with van der Waals surface area (Å²) in [5, 5.41) is 20.5. The molecule has 0 amide bonds. The maximum atomic E-state index is 10.7. The maximum Gasteiger partial charge on any atom is 0.306 e. The molecule has 0 spiro atoms. The van der Waals surface area contributed by atoms with Crippen molar-refractivity contribution in [2.75, 3.05) is 0 Å². The van der Waals surface area contributed by atoms with E-state index in [1.54, 1.807) is 6.92 Å². The fourth-order valence-electron chi connectivity index (χ4n) is 1.88. The predicted molar refractivity (Wildman–Crippen MR) is 48.0 cm³/mol. The Bertz CT molecular complexity index is 225. The number of carbonyl (C=O) groups is 1. The Kier molecular flexibility index (Phi) is 3.28. The van der Waals surface area contributed by atoms with Crippen LogP contribution in [0.5, 0.6) is 0 Å². The quantitative estimate of drug-likeness (QED) is 0.391. The lowest BCUT2D eigenvalue weighted by molar-refractivity contribution is -0.143. The number of carboxylic acid groups (broad SMARTS) is 1. The summed E-state index contributed by atoms with van der Waals surface area (Å²) in [5.41, 5.74) is 0.658. The van der Waals surface area contributed by atoms with Crippen molar-refractivity contribution in [3.63, 3.8) is 0 Å². The monoisotopic (exact) mass is 185 g/mol. The summed E-state index contributed by atoms with van der Waals surface area (Å²) in [7, 11) is 0. The fraction of sp³-hybridized carbons (Fsp3) is 0.778. The molecule has 2 N–H and O–H groups in total. The molecular formula is C9H15NO3. The molecule has 1 aliphatic carbocycles. The summed E-state index contributed by atoms with van der Waals surface area (Å²) >= 11 is 0. The van der Waals surface area contributed by atoms with Crippen LogP contribution in [0, 0.1) is 11.8 Å². The third kappa shape index (κ3) is 2.44. The summed E-state index contributed by atoms with van der Waals surface area (Å²) in [6.07, 6.45) is 3.23. The van der Waals surface area contributed by atoms with Crippen molar-refractivity contribution in [3.8, 4) is 0 Å². The van der Waals surface area contributed by atoms with Gasteiger partial charge in [0.2, 0.25) is 0 Å². The van der Waals surface area contributed by atoms with Crippen molar-refractivity contribution in [1.29, 1.82) is 0 Å². The van der Waals surface area contributed by atoms with Crippen LogP contribution in [0.15, 0.2) is 5.16 Å². The van der Waals surface area contributed by atoms with E-state index in [-0.39, 0.29) is 11.8 Å². The van der Waals surface area contributed by atoms with Gasteiger partial charge in [-0.15, -0.1) is 0 Å². The number of hydrogen-bond donors (Lipinski definition) is 2. The van der Waals surface area contributed by atoms with Crippen molar-refractivity contribution >= 4 is 11.7 Å². The molecule has 1 rings (SSSR count). The SMILES string of the molecule is C/C(=N\O)C1CCCC(C(=O)O)C1. The molecule has 2 unspecified atom stereocenters. The van der Waals surface area contributed by atoms with Gasteiger partial charge in [0, 0.05) is 5.92 Å². The van der Waals surface area contributed by atoms with E-state index in [0.717, 1.165) is 19.3 Å². The van der Waals surface area contributed by atoms with Crippen LogP contribution in [-0.4, -0.2) is 22.0 Å². The van der Waals surface area contributed by atoms with E-state index in [1.165, 1.54) is 0 Å². The maximum absolute atomic E-state index is 10.7. The van der Waals surface area contributed by atoms with E-state index < -0.39 is 5.97 Å². The Morgan fingerprint density at radius 2 is 2.00 bits per heavy atom. The molecule has 0 aliphatic heterocycles. The Labute approximate surface area is 77.3 Å². The second kappa shape index (κ2) is 4.25. The molecule has 2 atom stereocenters. The van der Waals surface area contributed by atoms with E-state index in [2.05, 4.69) is 5.16 Å². The number of hydrogen-bond acceptors (Lipinski definition) is 3. The van der Waals surface area contributed by atoms with Crippen LogP contribution in [0.25, 0.3) is 0 Å². The highest BCUT2D eigenvalue weighted by Crippen LogP contribution is 2.29.